The lowest BCUT2D eigenvalue weighted by Crippen LogP contribution is -2.58. The number of carbonyl (C=O) groups is 3. The van der Waals surface area contributed by atoms with E-state index in [0.717, 1.165) is 22.3 Å². The van der Waals surface area contributed by atoms with Crippen LogP contribution in [-0.4, -0.2) is 86.7 Å². The van der Waals surface area contributed by atoms with Crippen molar-refractivity contribution in [1.29, 1.82) is 0 Å². The minimum absolute atomic E-state index is 0.0714. The molecule has 1 N–H and O–H groups in total. The number of nitrogens with one attached hydrogen (secondary N) is 1. The predicted molar refractivity (Wildman–Crippen MR) is 178 cm³/mol. The van der Waals surface area contributed by atoms with Crippen LogP contribution in [-0.2, 0) is 32.1 Å². The van der Waals surface area contributed by atoms with Gasteiger partial charge < -0.3 is 34.1 Å². The van der Waals surface area contributed by atoms with Gasteiger partial charge in [0, 0.05) is 45.3 Å². The third-order valence-electron chi connectivity index (χ3n) is 8.93. The molecule has 4 bridgehead atoms. The minimum atomic E-state index is -0.470. The highest BCUT2D eigenvalue weighted by atomic mass is 16.5. The Bertz CT molecular complexity index is 1580. The molecule has 3 aromatic rings. The summed E-state index contributed by atoms with van der Waals surface area (Å²) in [6.07, 6.45) is 1.48. The first-order valence-corrected chi connectivity index (χ1v) is 16.2. The molecule has 0 aromatic heterocycles. The summed E-state index contributed by atoms with van der Waals surface area (Å²) in [5, 5.41) is 3.13. The van der Waals surface area contributed by atoms with Crippen LogP contribution < -0.4 is 14.8 Å². The normalized spacial score (nSPS) is 19.1. The number of amides is 3. The van der Waals surface area contributed by atoms with E-state index in [1.807, 2.05) is 74.5 Å². The molecule has 3 amide bonds. The molecule has 3 heterocycles. The van der Waals surface area contributed by atoms with E-state index < -0.39 is 6.04 Å². The maximum atomic E-state index is 13.7. The standard InChI is InChI=1S/C37H45N3O7/c1-25-8-5-11-30(26(25)2)37(43)40-18-16-32-31(22-40)38-35(41)23-39(17-7-19-44-3)36(42)15-13-27-12-14-33(34(21-27)45-4)47-29-10-6-9-28(20-29)24-46-32/h5-6,8-12,14,20-21,31-32H,7,13,15-19,22-24H2,1-4H3,(H,38,41)/t31-,32+/m0/s1. The van der Waals surface area contributed by atoms with Crippen LogP contribution in [0.5, 0.6) is 17.2 Å². The molecule has 3 aliphatic heterocycles. The molecule has 3 aromatic carbocycles. The second-order valence-electron chi connectivity index (χ2n) is 12.2. The lowest BCUT2D eigenvalue weighted by atomic mass is 9.98. The van der Waals surface area contributed by atoms with E-state index in [9.17, 15) is 14.4 Å². The molecule has 0 saturated carbocycles. The second-order valence-corrected chi connectivity index (χ2v) is 12.2. The summed E-state index contributed by atoms with van der Waals surface area (Å²) in [5.74, 6) is 1.27. The zero-order chi connectivity index (χ0) is 33.3. The summed E-state index contributed by atoms with van der Waals surface area (Å²) >= 11 is 0. The van der Waals surface area contributed by atoms with E-state index in [1.54, 1.807) is 24.0 Å². The Balaban J connectivity index is 1.42. The lowest BCUT2D eigenvalue weighted by Gasteiger charge is -2.39. The van der Waals surface area contributed by atoms with Crippen LogP contribution in [0.3, 0.4) is 0 Å². The molecule has 2 atom stereocenters. The number of fused-ring (bicyclic) bond motifs is 9. The molecule has 0 radical (unpaired) electrons. The van der Waals surface area contributed by atoms with E-state index >= 15 is 0 Å². The Morgan fingerprint density at radius 3 is 2.64 bits per heavy atom. The van der Waals surface area contributed by atoms with Crippen molar-refractivity contribution in [1.82, 2.24) is 15.1 Å². The third kappa shape index (κ3) is 8.69. The molecule has 0 aliphatic carbocycles. The van der Waals surface area contributed by atoms with Gasteiger partial charge in [0.15, 0.2) is 11.5 Å². The number of ether oxygens (including phenoxy) is 4. The lowest BCUT2D eigenvalue weighted by molar-refractivity contribution is -0.137. The number of hydrogen-bond donors (Lipinski definition) is 1. The molecular formula is C37H45N3O7. The smallest absolute Gasteiger partial charge is 0.254 e. The van der Waals surface area contributed by atoms with E-state index in [-0.39, 0.29) is 49.9 Å². The third-order valence-corrected chi connectivity index (χ3v) is 8.93. The monoisotopic (exact) mass is 643 g/mol. The number of hydrogen-bond acceptors (Lipinski definition) is 7. The van der Waals surface area contributed by atoms with Gasteiger partial charge in [-0.3, -0.25) is 14.4 Å². The fraction of sp³-hybridized carbons (Fsp3) is 0.432. The molecule has 10 heteroatoms. The van der Waals surface area contributed by atoms with Crippen molar-refractivity contribution in [2.24, 2.45) is 0 Å². The summed E-state index contributed by atoms with van der Waals surface area (Å²) in [7, 11) is 3.20. The largest absolute Gasteiger partial charge is 0.493 e. The molecule has 6 rings (SSSR count). The average molecular weight is 644 g/mol. The van der Waals surface area contributed by atoms with Gasteiger partial charge in [-0.25, -0.2) is 0 Å². The van der Waals surface area contributed by atoms with Crippen LogP contribution >= 0.6 is 0 Å². The quantitative estimate of drug-likeness (QED) is 0.384. The Labute approximate surface area is 276 Å². The van der Waals surface area contributed by atoms with Crippen LogP contribution in [0.15, 0.2) is 60.7 Å². The number of aryl methyl sites for hydroxylation is 2. The van der Waals surface area contributed by atoms with Gasteiger partial charge in [-0.15, -0.1) is 0 Å². The molecular weight excluding hydrogens is 598 g/mol. The zero-order valence-electron chi connectivity index (χ0n) is 27.8. The van der Waals surface area contributed by atoms with Crippen molar-refractivity contribution in [2.45, 2.75) is 58.3 Å². The Morgan fingerprint density at radius 1 is 1.00 bits per heavy atom. The molecule has 0 spiro atoms. The van der Waals surface area contributed by atoms with Crippen LogP contribution in [0.2, 0.25) is 0 Å². The van der Waals surface area contributed by atoms with Gasteiger partial charge in [-0.2, -0.15) is 0 Å². The maximum absolute atomic E-state index is 13.7. The van der Waals surface area contributed by atoms with Gasteiger partial charge in [-0.1, -0.05) is 30.3 Å². The van der Waals surface area contributed by atoms with Crippen molar-refractivity contribution in [2.75, 3.05) is 47.0 Å². The van der Waals surface area contributed by atoms with Gasteiger partial charge in [0.05, 0.1) is 32.4 Å². The molecule has 10 nitrogen and oxygen atoms in total. The predicted octanol–water partition coefficient (Wildman–Crippen LogP) is 4.83. The molecule has 1 saturated heterocycles. The summed E-state index contributed by atoms with van der Waals surface area (Å²) in [6, 6.07) is 18.6. The SMILES string of the molecule is COCCCN1CC(=O)N[C@H]2CN(C(=O)c3cccc(C)c3C)CC[C@H]2OCc2cccc(c2)Oc2ccc(cc2OC)CCC1=O. The highest BCUT2D eigenvalue weighted by molar-refractivity contribution is 5.96. The average Bonchev–Trinajstić information content (AvgIpc) is 3.07. The van der Waals surface area contributed by atoms with E-state index in [2.05, 4.69) is 5.32 Å². The summed E-state index contributed by atoms with van der Waals surface area (Å²) in [6.45, 7) is 5.76. The topological polar surface area (TPSA) is 107 Å². The first kappa shape index (κ1) is 33.9. The van der Waals surface area contributed by atoms with E-state index in [4.69, 9.17) is 18.9 Å². The Kier molecular flexibility index (Phi) is 11.5. The number of carbonyl (C=O) groups excluding carboxylic acids is 3. The summed E-state index contributed by atoms with van der Waals surface area (Å²) in [5.41, 5.74) is 4.48. The summed E-state index contributed by atoms with van der Waals surface area (Å²) < 4.78 is 23.5. The first-order valence-electron chi connectivity index (χ1n) is 16.2. The maximum Gasteiger partial charge on any atom is 0.254 e. The van der Waals surface area contributed by atoms with Crippen LogP contribution in [0.1, 0.15) is 51.9 Å². The van der Waals surface area contributed by atoms with Gasteiger partial charge >= 0.3 is 0 Å². The molecule has 0 unspecified atom stereocenters. The van der Waals surface area contributed by atoms with Gasteiger partial charge in [0.2, 0.25) is 11.8 Å². The van der Waals surface area contributed by atoms with Crippen LogP contribution in [0, 0.1) is 13.8 Å². The van der Waals surface area contributed by atoms with E-state index in [0.29, 0.717) is 61.8 Å². The number of nitrogens with zero attached hydrogens (tertiary/aromatic N) is 2. The van der Waals surface area contributed by atoms with Crippen molar-refractivity contribution in [3.63, 3.8) is 0 Å². The van der Waals surface area contributed by atoms with E-state index in [1.165, 1.54) is 0 Å². The second kappa shape index (κ2) is 15.9. The van der Waals surface area contributed by atoms with Crippen molar-refractivity contribution >= 4 is 17.7 Å². The Hall–Kier alpha value is -4.41. The number of piperidine rings is 1. The van der Waals surface area contributed by atoms with Crippen molar-refractivity contribution < 1.29 is 33.3 Å². The minimum Gasteiger partial charge on any atom is -0.493 e. The number of benzene rings is 3. The molecule has 47 heavy (non-hydrogen) atoms. The van der Waals surface area contributed by atoms with Crippen LogP contribution in [0.4, 0.5) is 0 Å². The Morgan fingerprint density at radius 2 is 1.83 bits per heavy atom. The molecule has 3 aliphatic rings. The fourth-order valence-electron chi connectivity index (χ4n) is 6.11. The first-order chi connectivity index (χ1) is 22.7. The molecule has 1 fully saturated rings. The van der Waals surface area contributed by atoms with Gasteiger partial charge in [-0.05, 0) is 85.7 Å². The highest BCUT2D eigenvalue weighted by Crippen LogP contribution is 2.33. The van der Waals surface area contributed by atoms with Gasteiger partial charge in [0.25, 0.3) is 5.91 Å². The summed E-state index contributed by atoms with van der Waals surface area (Å²) in [4.78, 5) is 44.1. The van der Waals surface area contributed by atoms with Crippen molar-refractivity contribution in [3.05, 3.63) is 88.5 Å². The number of rotatable bonds is 6. The number of methoxy groups -OCH3 is 2. The molecule has 250 valence electrons. The van der Waals surface area contributed by atoms with Gasteiger partial charge in [0.1, 0.15) is 5.75 Å². The van der Waals surface area contributed by atoms with Crippen molar-refractivity contribution in [3.8, 4) is 17.2 Å². The zero-order valence-corrected chi connectivity index (χ0v) is 27.8. The number of likely N-dealkylation sites (tertiary alicyclic amines) is 1. The van der Waals surface area contributed by atoms with Crippen LogP contribution in [0.25, 0.3) is 0 Å². The fourth-order valence-corrected chi connectivity index (χ4v) is 6.11. The highest BCUT2D eigenvalue weighted by Gasteiger charge is 2.34.